The number of nitrogens with zero attached hydrogens (tertiary/aromatic N) is 1. The second-order valence-corrected chi connectivity index (χ2v) is 6.85. The van der Waals surface area contributed by atoms with Crippen LogP contribution in [0.3, 0.4) is 0 Å². The molecule has 2 nitrogen and oxygen atoms in total. The third-order valence-corrected chi connectivity index (χ3v) is 3.52. The van der Waals surface area contributed by atoms with E-state index in [4.69, 9.17) is 0 Å². The van der Waals surface area contributed by atoms with Crippen molar-refractivity contribution in [3.63, 3.8) is 0 Å². The second-order valence-electron chi connectivity index (χ2n) is 6.85. The number of rotatable bonds is 8. The van der Waals surface area contributed by atoms with Gasteiger partial charge in [-0.05, 0) is 64.8 Å². The Labute approximate surface area is 125 Å². The molecule has 0 fully saturated rings. The van der Waals surface area contributed by atoms with Gasteiger partial charge < -0.3 is 10.2 Å². The molecular weight excluding hydrogens is 244 g/mol. The van der Waals surface area contributed by atoms with E-state index in [0.717, 1.165) is 13.1 Å². The van der Waals surface area contributed by atoms with Crippen LogP contribution in [-0.2, 0) is 0 Å². The quantitative estimate of drug-likeness (QED) is 0.709. The molecule has 0 bridgehead atoms. The molecule has 0 heterocycles. The largest absolute Gasteiger partial charge is 0.375 e. The minimum atomic E-state index is 0.255. The smallest absolute Gasteiger partial charge is 0.0366 e. The molecule has 0 aromatic heterocycles. The maximum absolute atomic E-state index is 3.54. The number of hydrogen-bond donors (Lipinski definition) is 1. The van der Waals surface area contributed by atoms with E-state index < -0.39 is 0 Å². The fourth-order valence-corrected chi connectivity index (χ4v) is 2.29. The van der Waals surface area contributed by atoms with Gasteiger partial charge in [0.05, 0.1) is 0 Å². The summed E-state index contributed by atoms with van der Waals surface area (Å²) in [7, 11) is 2.19. The highest BCUT2D eigenvalue weighted by Gasteiger charge is 2.07. The average Bonchev–Trinajstić information content (AvgIpc) is 2.36. The van der Waals surface area contributed by atoms with Crippen LogP contribution < -0.4 is 10.2 Å². The predicted octanol–water partition coefficient (Wildman–Crippen LogP) is 4.38. The lowest BCUT2D eigenvalue weighted by molar-refractivity contribution is 0.416. The van der Waals surface area contributed by atoms with Gasteiger partial charge in [-0.2, -0.15) is 0 Å². The summed E-state index contributed by atoms with van der Waals surface area (Å²) < 4.78 is 0. The van der Waals surface area contributed by atoms with Gasteiger partial charge in [-0.25, -0.2) is 0 Å². The van der Waals surface area contributed by atoms with Gasteiger partial charge in [-0.1, -0.05) is 25.0 Å². The lowest BCUT2D eigenvalue weighted by Crippen LogP contribution is -2.36. The van der Waals surface area contributed by atoms with Crippen molar-refractivity contribution in [2.24, 2.45) is 0 Å². The molecule has 114 valence electrons. The molecule has 1 aromatic rings. The maximum Gasteiger partial charge on any atom is 0.0366 e. The lowest BCUT2D eigenvalue weighted by Gasteiger charge is -2.21. The Morgan fingerprint density at radius 3 is 2.40 bits per heavy atom. The van der Waals surface area contributed by atoms with E-state index >= 15 is 0 Å². The number of benzene rings is 1. The van der Waals surface area contributed by atoms with Crippen molar-refractivity contribution in [2.75, 3.05) is 25.0 Å². The van der Waals surface area contributed by atoms with Gasteiger partial charge in [0.25, 0.3) is 0 Å². The van der Waals surface area contributed by atoms with Crippen LogP contribution in [0.25, 0.3) is 0 Å². The van der Waals surface area contributed by atoms with E-state index in [1.807, 2.05) is 0 Å². The van der Waals surface area contributed by atoms with Gasteiger partial charge in [0, 0.05) is 24.8 Å². The molecule has 1 N–H and O–H groups in total. The molecule has 2 heteroatoms. The van der Waals surface area contributed by atoms with Crippen LogP contribution in [0.4, 0.5) is 5.69 Å². The SMILES string of the molecule is Cc1cccc(N(C)CCCCCCNC(C)(C)C)c1. The van der Waals surface area contributed by atoms with Crippen molar-refractivity contribution >= 4 is 5.69 Å². The zero-order valence-corrected chi connectivity index (χ0v) is 14.0. The highest BCUT2D eigenvalue weighted by Crippen LogP contribution is 2.15. The van der Waals surface area contributed by atoms with Gasteiger partial charge in [0.2, 0.25) is 0 Å². The van der Waals surface area contributed by atoms with Gasteiger partial charge >= 0.3 is 0 Å². The molecule has 0 radical (unpaired) electrons. The molecule has 1 aromatic carbocycles. The Bertz CT molecular complexity index is 379. The lowest BCUT2D eigenvalue weighted by atomic mass is 10.1. The fourth-order valence-electron chi connectivity index (χ4n) is 2.29. The highest BCUT2D eigenvalue weighted by molar-refractivity contribution is 5.47. The number of anilines is 1. The molecule has 0 amide bonds. The predicted molar refractivity (Wildman–Crippen MR) is 90.7 cm³/mol. The van der Waals surface area contributed by atoms with Gasteiger partial charge in [0.15, 0.2) is 0 Å². The second kappa shape index (κ2) is 8.31. The van der Waals surface area contributed by atoms with Crippen LogP contribution >= 0.6 is 0 Å². The number of aryl methyl sites for hydroxylation is 1. The number of nitrogens with one attached hydrogen (secondary N) is 1. The third kappa shape index (κ3) is 7.54. The summed E-state index contributed by atoms with van der Waals surface area (Å²) in [6.45, 7) is 11.1. The summed E-state index contributed by atoms with van der Waals surface area (Å²) >= 11 is 0. The molecule has 0 saturated carbocycles. The average molecular weight is 276 g/mol. The van der Waals surface area contributed by atoms with Crippen molar-refractivity contribution < 1.29 is 0 Å². The molecule has 0 aliphatic rings. The molecule has 20 heavy (non-hydrogen) atoms. The van der Waals surface area contributed by atoms with E-state index in [1.54, 1.807) is 0 Å². The van der Waals surface area contributed by atoms with E-state index in [0.29, 0.717) is 0 Å². The van der Waals surface area contributed by atoms with Crippen LogP contribution in [-0.4, -0.2) is 25.7 Å². The summed E-state index contributed by atoms with van der Waals surface area (Å²) in [6, 6.07) is 8.74. The molecule has 0 atom stereocenters. The van der Waals surface area contributed by atoms with Gasteiger partial charge in [-0.15, -0.1) is 0 Å². The fraction of sp³-hybridized carbons (Fsp3) is 0.667. The van der Waals surface area contributed by atoms with Crippen molar-refractivity contribution in [1.82, 2.24) is 5.32 Å². The minimum Gasteiger partial charge on any atom is -0.375 e. The zero-order chi connectivity index (χ0) is 15.0. The third-order valence-electron chi connectivity index (χ3n) is 3.52. The summed E-state index contributed by atoms with van der Waals surface area (Å²) in [4.78, 5) is 2.36. The van der Waals surface area contributed by atoms with E-state index in [2.05, 4.69) is 69.2 Å². The van der Waals surface area contributed by atoms with Crippen molar-refractivity contribution in [3.05, 3.63) is 29.8 Å². The standard InChI is InChI=1S/C18H32N2/c1-16-11-10-12-17(15-16)20(5)14-9-7-6-8-13-19-18(2,3)4/h10-12,15,19H,6-9,13-14H2,1-5H3. The molecule has 0 aliphatic carbocycles. The Hall–Kier alpha value is -1.02. The molecule has 0 spiro atoms. The van der Waals surface area contributed by atoms with E-state index in [1.165, 1.54) is 36.9 Å². The Morgan fingerprint density at radius 1 is 1.05 bits per heavy atom. The van der Waals surface area contributed by atoms with Gasteiger partial charge in [0.1, 0.15) is 0 Å². The van der Waals surface area contributed by atoms with Crippen LogP contribution in [0.1, 0.15) is 52.0 Å². The minimum absolute atomic E-state index is 0.255. The van der Waals surface area contributed by atoms with E-state index in [-0.39, 0.29) is 5.54 Å². The van der Waals surface area contributed by atoms with Crippen molar-refractivity contribution in [3.8, 4) is 0 Å². The van der Waals surface area contributed by atoms with E-state index in [9.17, 15) is 0 Å². The van der Waals surface area contributed by atoms with Crippen LogP contribution in [0.5, 0.6) is 0 Å². The summed E-state index contributed by atoms with van der Waals surface area (Å²) in [6.07, 6.45) is 5.21. The maximum atomic E-state index is 3.54. The highest BCUT2D eigenvalue weighted by atomic mass is 15.1. The summed E-state index contributed by atoms with van der Waals surface area (Å²) in [5.74, 6) is 0. The Balaban J connectivity index is 2.09. The normalized spacial score (nSPS) is 11.7. The monoisotopic (exact) mass is 276 g/mol. The molecule has 0 aliphatic heterocycles. The Morgan fingerprint density at radius 2 is 1.75 bits per heavy atom. The van der Waals surface area contributed by atoms with Crippen LogP contribution in [0.2, 0.25) is 0 Å². The molecule has 1 rings (SSSR count). The summed E-state index contributed by atoms with van der Waals surface area (Å²) in [5, 5.41) is 3.54. The molecule has 0 saturated heterocycles. The zero-order valence-electron chi connectivity index (χ0n) is 14.0. The summed E-state index contributed by atoms with van der Waals surface area (Å²) in [5.41, 5.74) is 2.92. The number of unbranched alkanes of at least 4 members (excludes halogenated alkanes) is 3. The van der Waals surface area contributed by atoms with Gasteiger partial charge in [-0.3, -0.25) is 0 Å². The first kappa shape index (κ1) is 17.0. The first-order chi connectivity index (χ1) is 9.38. The van der Waals surface area contributed by atoms with Crippen molar-refractivity contribution in [2.45, 2.75) is 58.9 Å². The number of hydrogen-bond acceptors (Lipinski definition) is 2. The first-order valence-electron chi connectivity index (χ1n) is 7.91. The molecular formula is C18H32N2. The van der Waals surface area contributed by atoms with Crippen LogP contribution in [0, 0.1) is 6.92 Å². The topological polar surface area (TPSA) is 15.3 Å². The van der Waals surface area contributed by atoms with Crippen molar-refractivity contribution in [1.29, 1.82) is 0 Å². The Kier molecular flexibility index (Phi) is 7.08. The van der Waals surface area contributed by atoms with Crippen LogP contribution in [0.15, 0.2) is 24.3 Å². The first-order valence-corrected chi connectivity index (χ1v) is 7.91. The molecule has 0 unspecified atom stereocenters.